The molecule has 0 radical (unpaired) electrons. The Bertz CT molecular complexity index is 834. The predicted molar refractivity (Wildman–Crippen MR) is 112 cm³/mol. The summed E-state index contributed by atoms with van der Waals surface area (Å²) in [6, 6.07) is 8.09. The molecule has 0 aliphatic carbocycles. The first-order valence-electron chi connectivity index (χ1n) is 9.47. The lowest BCUT2D eigenvalue weighted by molar-refractivity contribution is -0.127. The zero-order chi connectivity index (χ0) is 19.9. The number of nitrogens with zero attached hydrogens (tertiary/aromatic N) is 3. The summed E-state index contributed by atoms with van der Waals surface area (Å²) in [4.78, 5) is 23.7. The Hall–Kier alpha value is -2.61. The van der Waals surface area contributed by atoms with Crippen molar-refractivity contribution in [1.29, 1.82) is 0 Å². The van der Waals surface area contributed by atoms with E-state index in [0.717, 1.165) is 29.2 Å². The molecule has 2 aromatic rings. The third kappa shape index (κ3) is 5.22. The SMILES string of the molecule is CCc1cnc(CNC(=NCC(=O)N(C)C)NC2CCOc3ccccc32)s1. The minimum absolute atomic E-state index is 0.0454. The van der Waals surface area contributed by atoms with E-state index < -0.39 is 0 Å². The highest BCUT2D eigenvalue weighted by molar-refractivity contribution is 7.11. The second kappa shape index (κ2) is 9.54. The van der Waals surface area contributed by atoms with Gasteiger partial charge in [0, 0.05) is 37.2 Å². The number of nitrogens with one attached hydrogen (secondary N) is 2. The second-order valence-electron chi connectivity index (χ2n) is 6.75. The van der Waals surface area contributed by atoms with Crippen LogP contribution in [-0.2, 0) is 17.8 Å². The van der Waals surface area contributed by atoms with Gasteiger partial charge in [-0.25, -0.2) is 9.98 Å². The van der Waals surface area contributed by atoms with E-state index in [2.05, 4.69) is 33.6 Å². The van der Waals surface area contributed by atoms with Crippen LogP contribution in [0.1, 0.15) is 34.8 Å². The maximum Gasteiger partial charge on any atom is 0.243 e. The van der Waals surface area contributed by atoms with Gasteiger partial charge in [-0.05, 0) is 12.5 Å². The number of ether oxygens (including phenoxy) is 1. The quantitative estimate of drug-likeness (QED) is 0.574. The third-order valence-electron chi connectivity index (χ3n) is 4.50. The maximum atomic E-state index is 12.0. The van der Waals surface area contributed by atoms with Crippen LogP contribution in [0, 0.1) is 0 Å². The highest BCUT2D eigenvalue weighted by atomic mass is 32.1. The number of benzene rings is 1. The normalized spacial score (nSPS) is 16.1. The van der Waals surface area contributed by atoms with E-state index in [-0.39, 0.29) is 18.5 Å². The van der Waals surface area contributed by atoms with Crippen LogP contribution in [0.2, 0.25) is 0 Å². The average molecular weight is 402 g/mol. The van der Waals surface area contributed by atoms with Gasteiger partial charge < -0.3 is 20.3 Å². The molecule has 0 fully saturated rings. The van der Waals surface area contributed by atoms with Crippen molar-refractivity contribution in [2.45, 2.75) is 32.4 Å². The van der Waals surface area contributed by atoms with Crippen molar-refractivity contribution < 1.29 is 9.53 Å². The molecular weight excluding hydrogens is 374 g/mol. The second-order valence-corrected chi connectivity index (χ2v) is 7.95. The van der Waals surface area contributed by atoms with Crippen LogP contribution in [0.5, 0.6) is 5.75 Å². The monoisotopic (exact) mass is 401 g/mol. The number of aliphatic imine (C=N–C) groups is 1. The molecule has 0 bridgehead atoms. The number of amides is 1. The van der Waals surface area contributed by atoms with Crippen molar-refractivity contribution in [3.8, 4) is 5.75 Å². The van der Waals surface area contributed by atoms with Crippen molar-refractivity contribution in [3.05, 3.63) is 45.9 Å². The number of rotatable bonds is 6. The molecule has 1 amide bonds. The molecule has 1 atom stereocenters. The van der Waals surface area contributed by atoms with Gasteiger partial charge in [-0.2, -0.15) is 0 Å². The van der Waals surface area contributed by atoms with E-state index in [0.29, 0.717) is 19.1 Å². The lowest BCUT2D eigenvalue weighted by Gasteiger charge is -2.28. The molecule has 7 nitrogen and oxygen atoms in total. The third-order valence-corrected chi connectivity index (χ3v) is 5.64. The predicted octanol–water partition coefficient (Wildman–Crippen LogP) is 2.35. The number of carbonyl (C=O) groups excluding carboxylic acids is 1. The van der Waals surface area contributed by atoms with Gasteiger partial charge in [0.1, 0.15) is 17.3 Å². The summed E-state index contributed by atoms with van der Waals surface area (Å²) in [5.74, 6) is 1.45. The topological polar surface area (TPSA) is 78.9 Å². The van der Waals surface area contributed by atoms with Crippen LogP contribution < -0.4 is 15.4 Å². The smallest absolute Gasteiger partial charge is 0.243 e. The summed E-state index contributed by atoms with van der Waals surface area (Å²) in [7, 11) is 3.46. The molecule has 1 aliphatic rings. The van der Waals surface area contributed by atoms with Gasteiger partial charge in [-0.3, -0.25) is 4.79 Å². The number of aromatic nitrogens is 1. The first-order chi connectivity index (χ1) is 13.6. The van der Waals surface area contributed by atoms with Crippen molar-refractivity contribution in [2.75, 3.05) is 27.2 Å². The summed E-state index contributed by atoms with van der Waals surface area (Å²) in [6.45, 7) is 3.42. The van der Waals surface area contributed by atoms with Crippen molar-refractivity contribution in [2.24, 2.45) is 4.99 Å². The van der Waals surface area contributed by atoms with E-state index in [9.17, 15) is 4.79 Å². The van der Waals surface area contributed by atoms with E-state index >= 15 is 0 Å². The van der Waals surface area contributed by atoms with Gasteiger partial charge in [-0.1, -0.05) is 25.1 Å². The molecule has 0 saturated heterocycles. The van der Waals surface area contributed by atoms with Crippen LogP contribution in [0.3, 0.4) is 0 Å². The van der Waals surface area contributed by atoms with E-state index in [1.165, 1.54) is 4.88 Å². The maximum absolute atomic E-state index is 12.0. The number of carbonyl (C=O) groups is 1. The van der Waals surface area contributed by atoms with Gasteiger partial charge in [0.25, 0.3) is 0 Å². The molecule has 0 saturated carbocycles. The molecular formula is C20H27N5O2S. The highest BCUT2D eigenvalue weighted by Crippen LogP contribution is 2.31. The average Bonchev–Trinajstić information content (AvgIpc) is 3.18. The highest BCUT2D eigenvalue weighted by Gasteiger charge is 2.22. The van der Waals surface area contributed by atoms with Crippen molar-refractivity contribution in [3.63, 3.8) is 0 Å². The van der Waals surface area contributed by atoms with Crippen LogP contribution in [0.15, 0.2) is 35.5 Å². The van der Waals surface area contributed by atoms with E-state index in [1.807, 2.05) is 24.4 Å². The Kier molecular flexibility index (Phi) is 6.86. The fraction of sp³-hybridized carbons (Fsp3) is 0.450. The van der Waals surface area contributed by atoms with Gasteiger partial charge in [0.15, 0.2) is 5.96 Å². The first kappa shape index (κ1) is 20.1. The number of guanidine groups is 1. The van der Waals surface area contributed by atoms with Crippen LogP contribution in [0.4, 0.5) is 0 Å². The fourth-order valence-electron chi connectivity index (χ4n) is 2.85. The van der Waals surface area contributed by atoms with E-state index in [4.69, 9.17) is 4.74 Å². The van der Waals surface area contributed by atoms with Gasteiger partial charge in [0.2, 0.25) is 5.91 Å². The lowest BCUT2D eigenvalue weighted by Crippen LogP contribution is -2.41. The van der Waals surface area contributed by atoms with Gasteiger partial charge in [-0.15, -0.1) is 11.3 Å². The molecule has 150 valence electrons. The number of aryl methyl sites for hydroxylation is 1. The molecule has 1 aromatic carbocycles. The number of fused-ring (bicyclic) bond motifs is 1. The number of hydrogen-bond donors (Lipinski definition) is 2. The summed E-state index contributed by atoms with van der Waals surface area (Å²) >= 11 is 1.69. The Morgan fingerprint density at radius 3 is 2.96 bits per heavy atom. The Morgan fingerprint density at radius 2 is 2.21 bits per heavy atom. The standard InChI is InChI=1S/C20H27N5O2S/c1-4-14-11-21-18(28-14)12-22-20(23-13-19(26)25(2)3)24-16-9-10-27-17-8-6-5-7-15(16)17/h5-8,11,16H,4,9-10,12-13H2,1-3H3,(H2,22,23,24). The molecule has 3 rings (SSSR count). The zero-order valence-electron chi connectivity index (χ0n) is 16.6. The van der Waals surface area contributed by atoms with Crippen molar-refractivity contribution in [1.82, 2.24) is 20.5 Å². The number of thiazole rings is 1. The minimum Gasteiger partial charge on any atom is -0.493 e. The Morgan fingerprint density at radius 1 is 1.39 bits per heavy atom. The Labute approximate surface area is 169 Å². The molecule has 0 spiro atoms. The number of para-hydroxylation sites is 1. The summed E-state index contributed by atoms with van der Waals surface area (Å²) in [5, 5.41) is 7.78. The molecule has 28 heavy (non-hydrogen) atoms. The summed E-state index contributed by atoms with van der Waals surface area (Å²) < 4.78 is 5.74. The molecule has 8 heteroatoms. The largest absolute Gasteiger partial charge is 0.493 e. The first-order valence-corrected chi connectivity index (χ1v) is 10.3. The van der Waals surface area contributed by atoms with E-state index in [1.54, 1.807) is 30.3 Å². The zero-order valence-corrected chi connectivity index (χ0v) is 17.4. The fourth-order valence-corrected chi connectivity index (χ4v) is 3.65. The molecule has 1 unspecified atom stereocenters. The summed E-state index contributed by atoms with van der Waals surface area (Å²) in [6.07, 6.45) is 3.72. The Balaban J connectivity index is 1.72. The van der Waals surface area contributed by atoms with Crippen molar-refractivity contribution >= 4 is 23.2 Å². The molecule has 1 aliphatic heterocycles. The summed E-state index contributed by atoms with van der Waals surface area (Å²) in [5.41, 5.74) is 1.10. The van der Waals surface area contributed by atoms with Gasteiger partial charge >= 0.3 is 0 Å². The van der Waals surface area contributed by atoms with Crippen LogP contribution >= 0.6 is 11.3 Å². The number of hydrogen-bond acceptors (Lipinski definition) is 5. The van der Waals surface area contributed by atoms with Crippen LogP contribution in [0.25, 0.3) is 0 Å². The molecule has 2 heterocycles. The van der Waals surface area contributed by atoms with Crippen LogP contribution in [-0.4, -0.2) is 49.0 Å². The lowest BCUT2D eigenvalue weighted by atomic mass is 10.0. The number of likely N-dealkylation sites (N-methyl/N-ethyl adjacent to an activating group) is 1. The minimum atomic E-state index is -0.0454. The van der Waals surface area contributed by atoms with Gasteiger partial charge in [0.05, 0.1) is 19.2 Å². The molecule has 1 aromatic heterocycles. The molecule has 2 N–H and O–H groups in total.